The van der Waals surface area contributed by atoms with E-state index < -0.39 is 23.0 Å². The number of nitrogens with one attached hydrogen (secondary N) is 2. The number of pyridine rings is 1. The lowest BCUT2D eigenvalue weighted by molar-refractivity contribution is 0.0674. The van der Waals surface area contributed by atoms with Crippen LogP contribution in [0.1, 0.15) is 64.5 Å². The zero-order valence-corrected chi connectivity index (χ0v) is 21.2. The summed E-state index contributed by atoms with van der Waals surface area (Å²) in [7, 11) is 1.29. The standard InChI is InChI=1S/C23H25F2IN4O4/c1-4-27-14-8-12-10-29(5-2)23(33)19-21(34-3)20(31)15(18(14)30(12)19)22(32)28-9-11-6-7-13(24)17(26)16(11)25/h6-7,12,14,27H,4-5,8-10H2,1-3H3,(H,28,32)/t12-,14+/m1/s1. The van der Waals surface area contributed by atoms with E-state index in [0.717, 1.165) is 6.07 Å². The van der Waals surface area contributed by atoms with Crippen LogP contribution in [-0.2, 0) is 6.54 Å². The molecule has 0 aliphatic carbocycles. The number of amides is 2. The van der Waals surface area contributed by atoms with E-state index in [2.05, 4.69) is 10.6 Å². The van der Waals surface area contributed by atoms with Crippen molar-refractivity contribution in [1.29, 1.82) is 0 Å². The first kappa shape index (κ1) is 24.6. The van der Waals surface area contributed by atoms with Crippen LogP contribution < -0.4 is 20.8 Å². The Morgan fingerprint density at radius 3 is 2.65 bits per heavy atom. The fourth-order valence-corrected chi connectivity index (χ4v) is 5.34. The highest BCUT2D eigenvalue weighted by atomic mass is 127. The van der Waals surface area contributed by atoms with Gasteiger partial charge in [0.2, 0.25) is 5.43 Å². The number of carbonyl (C=O) groups is 2. The van der Waals surface area contributed by atoms with Gasteiger partial charge in [0.1, 0.15) is 17.2 Å². The quantitative estimate of drug-likeness (QED) is 0.385. The Morgan fingerprint density at radius 1 is 1.26 bits per heavy atom. The van der Waals surface area contributed by atoms with E-state index in [1.165, 1.54) is 13.2 Å². The molecule has 2 N–H and O–H groups in total. The Hall–Kier alpha value is -2.54. The smallest absolute Gasteiger partial charge is 0.274 e. The molecule has 182 valence electrons. The summed E-state index contributed by atoms with van der Waals surface area (Å²) in [6.45, 7) is 5.09. The van der Waals surface area contributed by atoms with E-state index in [-0.39, 0.29) is 50.7 Å². The van der Waals surface area contributed by atoms with Crippen molar-refractivity contribution in [3.63, 3.8) is 0 Å². The van der Waals surface area contributed by atoms with Gasteiger partial charge in [-0.15, -0.1) is 0 Å². The number of hydrogen-bond donors (Lipinski definition) is 2. The molecule has 4 rings (SSSR count). The molecule has 0 bridgehead atoms. The average Bonchev–Trinajstić information content (AvgIpc) is 3.16. The molecule has 0 fully saturated rings. The number of benzene rings is 1. The first-order valence-electron chi connectivity index (χ1n) is 11.0. The van der Waals surface area contributed by atoms with Gasteiger partial charge in [0, 0.05) is 25.2 Å². The summed E-state index contributed by atoms with van der Waals surface area (Å²) in [5.74, 6) is -2.66. The van der Waals surface area contributed by atoms with Crippen LogP contribution in [0, 0.1) is 15.2 Å². The molecular weight excluding hydrogens is 561 g/mol. The third-order valence-corrected chi connectivity index (χ3v) is 7.34. The van der Waals surface area contributed by atoms with Crippen LogP contribution in [0.25, 0.3) is 0 Å². The maximum Gasteiger partial charge on any atom is 0.274 e. The minimum atomic E-state index is -0.763. The predicted molar refractivity (Wildman–Crippen MR) is 129 cm³/mol. The van der Waals surface area contributed by atoms with Crippen molar-refractivity contribution in [3.8, 4) is 5.75 Å². The maximum atomic E-state index is 14.4. The SMILES string of the molecule is CCN[C@H]1C[C@@H]2CN(CC)C(=O)c3c(OC)c(=O)c(C(=O)NCc4ccc(F)c(I)c4F)c1n32. The average molecular weight is 586 g/mol. The predicted octanol–water partition coefficient (Wildman–Crippen LogP) is 2.74. The van der Waals surface area contributed by atoms with Crippen LogP contribution in [0.3, 0.4) is 0 Å². The molecule has 8 nitrogen and oxygen atoms in total. The zero-order chi connectivity index (χ0) is 24.7. The summed E-state index contributed by atoms with van der Waals surface area (Å²) in [5, 5.41) is 5.90. The molecular formula is C23H25F2IN4O4. The molecule has 0 saturated carbocycles. The fraction of sp³-hybridized carbons (Fsp3) is 0.435. The van der Waals surface area contributed by atoms with Crippen LogP contribution in [0.15, 0.2) is 16.9 Å². The van der Waals surface area contributed by atoms with Gasteiger partial charge in [0.05, 0.1) is 28.5 Å². The molecule has 3 heterocycles. The molecule has 1 aromatic heterocycles. The lowest BCUT2D eigenvalue weighted by Gasteiger charge is -2.34. The van der Waals surface area contributed by atoms with Crippen molar-refractivity contribution in [2.75, 3.05) is 26.7 Å². The topological polar surface area (TPSA) is 92.7 Å². The van der Waals surface area contributed by atoms with Crippen molar-refractivity contribution < 1.29 is 23.1 Å². The second-order valence-electron chi connectivity index (χ2n) is 8.20. The molecule has 0 unspecified atom stereocenters. The largest absolute Gasteiger partial charge is 0.491 e. The second kappa shape index (κ2) is 9.61. The first-order valence-corrected chi connectivity index (χ1v) is 12.1. The van der Waals surface area contributed by atoms with Gasteiger partial charge < -0.3 is 24.8 Å². The Bertz CT molecular complexity index is 1230. The van der Waals surface area contributed by atoms with Crippen molar-refractivity contribution in [3.05, 3.63) is 60.1 Å². The first-order chi connectivity index (χ1) is 16.2. The third kappa shape index (κ3) is 3.88. The lowest BCUT2D eigenvalue weighted by atomic mass is 10.0. The Balaban J connectivity index is 1.81. The van der Waals surface area contributed by atoms with Crippen LogP contribution in [-0.4, -0.2) is 48.0 Å². The minimum Gasteiger partial charge on any atom is -0.491 e. The third-order valence-electron chi connectivity index (χ3n) is 6.35. The van der Waals surface area contributed by atoms with Gasteiger partial charge in [-0.1, -0.05) is 13.0 Å². The highest BCUT2D eigenvalue weighted by molar-refractivity contribution is 14.1. The molecule has 0 radical (unpaired) electrons. The number of ether oxygens (including phenoxy) is 1. The molecule has 34 heavy (non-hydrogen) atoms. The van der Waals surface area contributed by atoms with Crippen LogP contribution in [0.5, 0.6) is 5.75 Å². The van der Waals surface area contributed by atoms with Gasteiger partial charge in [0.15, 0.2) is 11.4 Å². The van der Waals surface area contributed by atoms with Crippen molar-refractivity contribution in [2.24, 2.45) is 0 Å². The van der Waals surface area contributed by atoms with Gasteiger partial charge in [-0.3, -0.25) is 14.4 Å². The van der Waals surface area contributed by atoms with Gasteiger partial charge in [0.25, 0.3) is 11.8 Å². The summed E-state index contributed by atoms with van der Waals surface area (Å²) >= 11 is 1.56. The number of methoxy groups -OCH3 is 1. The number of hydrogen-bond acceptors (Lipinski definition) is 5. The lowest BCUT2D eigenvalue weighted by Crippen LogP contribution is -2.45. The molecule has 2 amide bonds. The summed E-state index contributed by atoms with van der Waals surface area (Å²) in [6.07, 6.45) is 0.599. The van der Waals surface area contributed by atoms with Crippen LogP contribution >= 0.6 is 22.6 Å². The van der Waals surface area contributed by atoms with E-state index in [0.29, 0.717) is 31.7 Å². The molecule has 0 spiro atoms. The Kier molecular flexibility index (Phi) is 6.94. The molecule has 11 heteroatoms. The number of rotatable bonds is 7. The van der Waals surface area contributed by atoms with E-state index in [4.69, 9.17) is 4.74 Å². The van der Waals surface area contributed by atoms with E-state index in [1.54, 1.807) is 32.1 Å². The van der Waals surface area contributed by atoms with E-state index in [9.17, 15) is 23.2 Å². The molecule has 2 aliphatic heterocycles. The minimum absolute atomic E-state index is 0.0930. The second-order valence-corrected chi connectivity index (χ2v) is 9.28. The molecule has 2 aromatic rings. The van der Waals surface area contributed by atoms with Gasteiger partial charge in [-0.25, -0.2) is 8.78 Å². The number of aromatic nitrogens is 1. The van der Waals surface area contributed by atoms with E-state index in [1.807, 2.05) is 13.8 Å². The molecule has 2 aliphatic rings. The van der Waals surface area contributed by atoms with Gasteiger partial charge in [-0.2, -0.15) is 0 Å². The Labute approximate surface area is 208 Å². The van der Waals surface area contributed by atoms with Gasteiger partial charge in [-0.05, 0) is 48.5 Å². The zero-order valence-electron chi connectivity index (χ0n) is 19.0. The molecule has 0 saturated heterocycles. The highest BCUT2D eigenvalue weighted by Crippen LogP contribution is 2.42. The molecule has 1 aromatic carbocycles. The number of halogens is 3. The maximum absolute atomic E-state index is 14.4. The summed E-state index contributed by atoms with van der Waals surface area (Å²) in [6, 6.07) is 1.94. The number of likely N-dealkylation sites (N-methyl/N-ethyl adjacent to an activating group) is 1. The fourth-order valence-electron chi connectivity index (χ4n) is 4.82. The van der Waals surface area contributed by atoms with Gasteiger partial charge >= 0.3 is 0 Å². The van der Waals surface area contributed by atoms with Crippen molar-refractivity contribution in [1.82, 2.24) is 20.1 Å². The van der Waals surface area contributed by atoms with E-state index >= 15 is 0 Å². The summed E-state index contributed by atoms with van der Waals surface area (Å²) in [4.78, 5) is 41.6. The van der Waals surface area contributed by atoms with Crippen LogP contribution in [0.4, 0.5) is 8.78 Å². The number of carbonyl (C=O) groups excluding carboxylic acids is 2. The highest BCUT2D eigenvalue weighted by Gasteiger charge is 2.45. The van der Waals surface area contributed by atoms with Crippen molar-refractivity contribution >= 4 is 34.4 Å². The monoisotopic (exact) mass is 586 g/mol. The normalized spacial score (nSPS) is 18.8. The summed E-state index contributed by atoms with van der Waals surface area (Å²) in [5.41, 5.74) is -0.148. The van der Waals surface area contributed by atoms with Crippen molar-refractivity contribution in [2.45, 2.75) is 38.9 Å². The Morgan fingerprint density at radius 2 is 2.00 bits per heavy atom. The number of nitrogens with zero attached hydrogens (tertiary/aromatic N) is 2. The molecule has 2 atom stereocenters. The summed E-state index contributed by atoms with van der Waals surface area (Å²) < 4.78 is 35.0. The van der Waals surface area contributed by atoms with Crippen LogP contribution in [0.2, 0.25) is 0 Å².